The van der Waals surface area contributed by atoms with Gasteiger partial charge in [0.1, 0.15) is 11.9 Å². The van der Waals surface area contributed by atoms with Gasteiger partial charge >= 0.3 is 0 Å². The highest BCUT2D eigenvalue weighted by molar-refractivity contribution is 14.0. The number of nitrogens with zero attached hydrogens (tertiary/aromatic N) is 3. The second kappa shape index (κ2) is 9.44. The van der Waals surface area contributed by atoms with Crippen molar-refractivity contribution >= 4 is 45.9 Å². The van der Waals surface area contributed by atoms with Crippen LogP contribution in [0.2, 0.25) is 0 Å². The lowest BCUT2D eigenvalue weighted by Gasteiger charge is -2.23. The fourth-order valence-corrected chi connectivity index (χ4v) is 2.07. The Morgan fingerprint density at radius 1 is 1.20 bits per heavy atom. The number of halogens is 2. The standard InChI is InChI=1S/C14H22BrN3O.HI/c1-11(10-16-14(17(2)3)18(4)5)19-13-9-7-6-8-12(13)15;/h6-9,11H,10H2,1-5H3;1H. The summed E-state index contributed by atoms with van der Waals surface area (Å²) >= 11 is 3.47. The fraction of sp³-hybridized carbons (Fsp3) is 0.500. The summed E-state index contributed by atoms with van der Waals surface area (Å²) in [6.07, 6.45) is 0.0219. The van der Waals surface area contributed by atoms with Gasteiger partial charge in [-0.25, -0.2) is 4.99 Å². The van der Waals surface area contributed by atoms with Gasteiger partial charge in [0.05, 0.1) is 11.0 Å². The largest absolute Gasteiger partial charge is 0.488 e. The summed E-state index contributed by atoms with van der Waals surface area (Å²) < 4.78 is 6.83. The van der Waals surface area contributed by atoms with Gasteiger partial charge in [0.25, 0.3) is 0 Å². The molecule has 0 fully saturated rings. The van der Waals surface area contributed by atoms with Crippen molar-refractivity contribution in [1.29, 1.82) is 0 Å². The normalized spacial score (nSPS) is 11.1. The van der Waals surface area contributed by atoms with Crippen LogP contribution in [0.15, 0.2) is 33.7 Å². The van der Waals surface area contributed by atoms with Crippen molar-refractivity contribution in [2.75, 3.05) is 34.7 Å². The van der Waals surface area contributed by atoms with Crippen LogP contribution in [-0.2, 0) is 0 Å². The van der Waals surface area contributed by atoms with Crippen molar-refractivity contribution < 1.29 is 4.74 Å². The molecule has 1 atom stereocenters. The van der Waals surface area contributed by atoms with E-state index in [9.17, 15) is 0 Å². The van der Waals surface area contributed by atoms with Gasteiger partial charge in [-0.05, 0) is 35.0 Å². The second-order valence-electron chi connectivity index (χ2n) is 4.79. The Bertz CT molecular complexity index is 428. The number of para-hydroxylation sites is 1. The number of hydrogen-bond donors (Lipinski definition) is 0. The molecule has 0 saturated carbocycles. The van der Waals surface area contributed by atoms with Crippen LogP contribution in [0.1, 0.15) is 6.92 Å². The number of guanidine groups is 1. The van der Waals surface area contributed by atoms with E-state index in [1.165, 1.54) is 0 Å². The minimum Gasteiger partial charge on any atom is -0.488 e. The van der Waals surface area contributed by atoms with Gasteiger partial charge in [0.15, 0.2) is 5.96 Å². The minimum absolute atomic E-state index is 0. The van der Waals surface area contributed by atoms with Crippen molar-refractivity contribution in [2.24, 2.45) is 4.99 Å². The first kappa shape index (κ1) is 19.5. The highest BCUT2D eigenvalue weighted by Crippen LogP contribution is 2.24. The summed E-state index contributed by atoms with van der Waals surface area (Å²) in [6.45, 7) is 2.64. The first-order valence-electron chi connectivity index (χ1n) is 6.22. The summed E-state index contributed by atoms with van der Waals surface area (Å²) in [7, 11) is 7.94. The van der Waals surface area contributed by atoms with Crippen LogP contribution in [-0.4, -0.2) is 56.6 Å². The second-order valence-corrected chi connectivity index (χ2v) is 5.64. The van der Waals surface area contributed by atoms with Crippen LogP contribution in [0.4, 0.5) is 0 Å². The average molecular weight is 456 g/mol. The van der Waals surface area contributed by atoms with E-state index < -0.39 is 0 Å². The first-order valence-corrected chi connectivity index (χ1v) is 7.01. The molecule has 0 N–H and O–H groups in total. The van der Waals surface area contributed by atoms with Gasteiger partial charge < -0.3 is 14.5 Å². The van der Waals surface area contributed by atoms with E-state index in [0.29, 0.717) is 6.54 Å². The number of benzene rings is 1. The van der Waals surface area contributed by atoms with Gasteiger partial charge in [0, 0.05) is 28.2 Å². The molecule has 0 amide bonds. The van der Waals surface area contributed by atoms with E-state index in [-0.39, 0.29) is 30.1 Å². The zero-order valence-electron chi connectivity index (χ0n) is 12.6. The maximum Gasteiger partial charge on any atom is 0.195 e. The fourth-order valence-electron chi connectivity index (χ4n) is 1.69. The van der Waals surface area contributed by atoms with Crippen molar-refractivity contribution in [3.63, 3.8) is 0 Å². The highest BCUT2D eigenvalue weighted by Gasteiger charge is 2.09. The molecular formula is C14H23BrIN3O. The van der Waals surface area contributed by atoms with Crippen LogP contribution in [0.5, 0.6) is 5.75 Å². The summed E-state index contributed by atoms with van der Waals surface area (Å²) in [6, 6.07) is 7.84. The summed E-state index contributed by atoms with van der Waals surface area (Å²) in [5.74, 6) is 1.78. The van der Waals surface area contributed by atoms with Gasteiger partial charge in [-0.15, -0.1) is 24.0 Å². The molecule has 1 rings (SSSR count). The molecule has 0 saturated heterocycles. The summed E-state index contributed by atoms with van der Waals surface area (Å²) in [4.78, 5) is 8.56. The molecule has 20 heavy (non-hydrogen) atoms. The lowest BCUT2D eigenvalue weighted by molar-refractivity contribution is 0.228. The molecule has 6 heteroatoms. The summed E-state index contributed by atoms with van der Waals surface area (Å²) in [5.41, 5.74) is 0. The van der Waals surface area contributed by atoms with Crippen molar-refractivity contribution in [3.05, 3.63) is 28.7 Å². The Labute approximate surface area is 147 Å². The summed E-state index contributed by atoms with van der Waals surface area (Å²) in [5, 5.41) is 0. The lowest BCUT2D eigenvalue weighted by atomic mass is 10.3. The monoisotopic (exact) mass is 455 g/mol. The molecule has 114 valence electrons. The molecule has 1 aromatic rings. The predicted molar refractivity (Wildman–Crippen MR) is 99.3 cm³/mol. The molecule has 0 heterocycles. The third-order valence-electron chi connectivity index (χ3n) is 2.45. The minimum atomic E-state index is 0. The Kier molecular flexibility index (Phi) is 9.20. The number of aliphatic imine (C=N–C) groups is 1. The molecule has 0 bridgehead atoms. The van der Waals surface area contributed by atoms with Crippen LogP contribution in [0, 0.1) is 0 Å². The van der Waals surface area contributed by atoms with Crippen molar-refractivity contribution in [2.45, 2.75) is 13.0 Å². The third-order valence-corrected chi connectivity index (χ3v) is 3.11. The third kappa shape index (κ3) is 6.30. The quantitative estimate of drug-likeness (QED) is 0.396. The molecule has 0 aliphatic heterocycles. The molecule has 0 spiro atoms. The van der Waals surface area contributed by atoms with Gasteiger partial charge in [0.2, 0.25) is 0 Å². The number of ether oxygens (including phenoxy) is 1. The van der Waals surface area contributed by atoms with Crippen LogP contribution in [0.25, 0.3) is 0 Å². The molecule has 0 aromatic heterocycles. The van der Waals surface area contributed by atoms with E-state index in [1.54, 1.807) is 0 Å². The average Bonchev–Trinajstić information content (AvgIpc) is 2.31. The Hall–Kier alpha value is -0.500. The zero-order valence-corrected chi connectivity index (χ0v) is 16.5. The smallest absolute Gasteiger partial charge is 0.195 e. The molecule has 1 aromatic carbocycles. The lowest BCUT2D eigenvalue weighted by Crippen LogP contribution is -2.36. The number of rotatable bonds is 4. The topological polar surface area (TPSA) is 28.1 Å². The van der Waals surface area contributed by atoms with Crippen molar-refractivity contribution in [3.8, 4) is 5.75 Å². The number of hydrogen-bond acceptors (Lipinski definition) is 2. The zero-order chi connectivity index (χ0) is 14.4. The molecule has 0 aliphatic rings. The Morgan fingerprint density at radius 2 is 1.75 bits per heavy atom. The Balaban J connectivity index is 0.00000361. The Morgan fingerprint density at radius 3 is 2.25 bits per heavy atom. The molecule has 1 unspecified atom stereocenters. The van der Waals surface area contributed by atoms with Gasteiger partial charge in [-0.2, -0.15) is 0 Å². The first-order chi connectivity index (χ1) is 8.91. The van der Waals surface area contributed by atoms with E-state index in [1.807, 2.05) is 69.2 Å². The van der Waals surface area contributed by atoms with Gasteiger partial charge in [-0.1, -0.05) is 12.1 Å². The van der Waals surface area contributed by atoms with Crippen LogP contribution < -0.4 is 4.74 Å². The van der Waals surface area contributed by atoms with E-state index in [0.717, 1.165) is 16.2 Å². The van der Waals surface area contributed by atoms with Crippen LogP contribution >= 0.6 is 39.9 Å². The molecular weight excluding hydrogens is 433 g/mol. The molecule has 0 radical (unpaired) electrons. The van der Waals surface area contributed by atoms with Crippen LogP contribution in [0.3, 0.4) is 0 Å². The maximum atomic E-state index is 5.86. The predicted octanol–water partition coefficient (Wildman–Crippen LogP) is 3.31. The van der Waals surface area contributed by atoms with E-state index >= 15 is 0 Å². The molecule has 0 aliphatic carbocycles. The highest BCUT2D eigenvalue weighted by atomic mass is 127. The SMILES string of the molecule is CC(CN=C(N(C)C)N(C)C)Oc1ccccc1Br.I. The van der Waals surface area contributed by atoms with Crippen molar-refractivity contribution in [1.82, 2.24) is 9.80 Å². The molecule has 4 nitrogen and oxygen atoms in total. The van der Waals surface area contributed by atoms with E-state index in [4.69, 9.17) is 4.74 Å². The maximum absolute atomic E-state index is 5.86. The van der Waals surface area contributed by atoms with E-state index in [2.05, 4.69) is 20.9 Å². The van der Waals surface area contributed by atoms with Gasteiger partial charge in [-0.3, -0.25) is 0 Å².